The summed E-state index contributed by atoms with van der Waals surface area (Å²) < 4.78 is 5.80. The standard InChI is InChI=1S/C15H22N4OS/c1-2-8-19(10-12-5-3-7-16-12)11-14-17-18-15(20-14)13-6-4-9-21-13/h4,6,9,12,16H,2-3,5,7-8,10-11H2,1H3. The molecular weight excluding hydrogens is 284 g/mol. The number of thiophene rings is 1. The molecule has 1 aliphatic heterocycles. The van der Waals surface area contributed by atoms with Gasteiger partial charge in [0.15, 0.2) is 0 Å². The first-order chi connectivity index (χ1) is 10.3. The monoisotopic (exact) mass is 306 g/mol. The fourth-order valence-electron chi connectivity index (χ4n) is 2.78. The molecule has 0 aliphatic carbocycles. The van der Waals surface area contributed by atoms with Crippen LogP contribution in [0.2, 0.25) is 0 Å². The molecule has 3 rings (SSSR count). The van der Waals surface area contributed by atoms with Crippen molar-refractivity contribution in [1.29, 1.82) is 0 Å². The predicted molar refractivity (Wildman–Crippen MR) is 84.2 cm³/mol. The van der Waals surface area contributed by atoms with E-state index in [1.807, 2.05) is 17.5 Å². The maximum atomic E-state index is 5.80. The molecule has 114 valence electrons. The van der Waals surface area contributed by atoms with E-state index < -0.39 is 0 Å². The summed E-state index contributed by atoms with van der Waals surface area (Å²) in [5.74, 6) is 1.35. The lowest BCUT2D eigenvalue weighted by Gasteiger charge is -2.23. The van der Waals surface area contributed by atoms with Gasteiger partial charge < -0.3 is 9.73 Å². The molecular formula is C15H22N4OS. The van der Waals surface area contributed by atoms with Crippen LogP contribution < -0.4 is 5.32 Å². The highest BCUT2D eigenvalue weighted by molar-refractivity contribution is 7.13. The molecule has 5 nitrogen and oxygen atoms in total. The summed E-state index contributed by atoms with van der Waals surface area (Å²) in [5, 5.41) is 13.9. The molecule has 1 saturated heterocycles. The van der Waals surface area contributed by atoms with Gasteiger partial charge in [-0.2, -0.15) is 0 Å². The molecule has 0 radical (unpaired) electrons. The van der Waals surface area contributed by atoms with Crippen LogP contribution in [-0.2, 0) is 6.54 Å². The Morgan fingerprint density at radius 2 is 2.43 bits per heavy atom. The third kappa shape index (κ3) is 3.90. The van der Waals surface area contributed by atoms with Crippen molar-refractivity contribution in [2.24, 2.45) is 0 Å². The van der Waals surface area contributed by atoms with Gasteiger partial charge in [-0.3, -0.25) is 4.90 Å². The minimum atomic E-state index is 0.608. The fourth-order valence-corrected chi connectivity index (χ4v) is 3.43. The van der Waals surface area contributed by atoms with Crippen LogP contribution in [-0.4, -0.2) is 40.8 Å². The first-order valence-corrected chi connectivity index (χ1v) is 8.55. The zero-order chi connectivity index (χ0) is 14.5. The van der Waals surface area contributed by atoms with Gasteiger partial charge in [-0.15, -0.1) is 21.5 Å². The van der Waals surface area contributed by atoms with Gasteiger partial charge in [0.05, 0.1) is 11.4 Å². The van der Waals surface area contributed by atoms with E-state index >= 15 is 0 Å². The Hall–Kier alpha value is -1.24. The summed E-state index contributed by atoms with van der Waals surface area (Å²) in [6.45, 7) is 6.22. The van der Waals surface area contributed by atoms with Crippen molar-refractivity contribution in [3.8, 4) is 10.8 Å². The van der Waals surface area contributed by atoms with Crippen LogP contribution in [0.4, 0.5) is 0 Å². The lowest BCUT2D eigenvalue weighted by Crippen LogP contribution is -2.37. The number of nitrogens with one attached hydrogen (secondary N) is 1. The molecule has 6 heteroatoms. The topological polar surface area (TPSA) is 54.2 Å². The lowest BCUT2D eigenvalue weighted by atomic mass is 10.2. The van der Waals surface area contributed by atoms with E-state index in [2.05, 4.69) is 27.3 Å². The summed E-state index contributed by atoms with van der Waals surface area (Å²) in [5.41, 5.74) is 0. The van der Waals surface area contributed by atoms with Crippen molar-refractivity contribution in [3.63, 3.8) is 0 Å². The number of nitrogens with zero attached hydrogens (tertiary/aromatic N) is 3. The Morgan fingerprint density at radius 3 is 3.14 bits per heavy atom. The van der Waals surface area contributed by atoms with Gasteiger partial charge in [-0.25, -0.2) is 0 Å². The summed E-state index contributed by atoms with van der Waals surface area (Å²) in [6.07, 6.45) is 3.69. The fraction of sp³-hybridized carbons (Fsp3) is 0.600. The van der Waals surface area contributed by atoms with Gasteiger partial charge >= 0.3 is 0 Å². The summed E-state index contributed by atoms with van der Waals surface area (Å²) in [7, 11) is 0. The van der Waals surface area contributed by atoms with Gasteiger partial charge in [0.1, 0.15) is 0 Å². The van der Waals surface area contributed by atoms with Gasteiger partial charge in [-0.05, 0) is 43.8 Å². The Balaban J connectivity index is 1.62. The van der Waals surface area contributed by atoms with E-state index in [1.165, 1.54) is 12.8 Å². The molecule has 21 heavy (non-hydrogen) atoms. The number of rotatable bonds is 7. The minimum absolute atomic E-state index is 0.608. The van der Waals surface area contributed by atoms with Crippen molar-refractivity contribution in [2.45, 2.75) is 38.8 Å². The van der Waals surface area contributed by atoms with E-state index in [-0.39, 0.29) is 0 Å². The van der Waals surface area contributed by atoms with Crippen LogP contribution in [0, 0.1) is 0 Å². The van der Waals surface area contributed by atoms with Crippen molar-refractivity contribution >= 4 is 11.3 Å². The first kappa shape index (κ1) is 14.7. The molecule has 1 aliphatic rings. The van der Waals surface area contributed by atoms with Crippen LogP contribution in [0.1, 0.15) is 32.1 Å². The van der Waals surface area contributed by atoms with Crippen molar-refractivity contribution in [1.82, 2.24) is 20.4 Å². The summed E-state index contributed by atoms with van der Waals surface area (Å²) >= 11 is 1.62. The normalized spacial score (nSPS) is 18.7. The van der Waals surface area contributed by atoms with E-state index in [1.54, 1.807) is 11.3 Å². The highest BCUT2D eigenvalue weighted by Gasteiger charge is 2.19. The predicted octanol–water partition coefficient (Wildman–Crippen LogP) is 2.76. The third-order valence-corrected chi connectivity index (χ3v) is 4.60. The minimum Gasteiger partial charge on any atom is -0.419 e. The van der Waals surface area contributed by atoms with Crippen molar-refractivity contribution in [2.75, 3.05) is 19.6 Å². The Bertz CT molecular complexity index is 534. The van der Waals surface area contributed by atoms with Crippen LogP contribution in [0.5, 0.6) is 0 Å². The second kappa shape index (κ2) is 7.15. The highest BCUT2D eigenvalue weighted by Crippen LogP contribution is 2.23. The quantitative estimate of drug-likeness (QED) is 0.852. The van der Waals surface area contributed by atoms with E-state index in [9.17, 15) is 0 Å². The first-order valence-electron chi connectivity index (χ1n) is 7.67. The molecule has 0 saturated carbocycles. The molecule has 1 fully saturated rings. The third-order valence-electron chi connectivity index (χ3n) is 3.74. The number of hydrogen-bond acceptors (Lipinski definition) is 6. The van der Waals surface area contributed by atoms with Crippen LogP contribution in [0.15, 0.2) is 21.9 Å². The second-order valence-corrected chi connectivity index (χ2v) is 6.45. The van der Waals surface area contributed by atoms with Crippen LogP contribution >= 0.6 is 11.3 Å². The van der Waals surface area contributed by atoms with Crippen molar-refractivity contribution < 1.29 is 4.42 Å². The van der Waals surface area contributed by atoms with E-state index in [0.29, 0.717) is 17.8 Å². The number of aromatic nitrogens is 2. The Morgan fingerprint density at radius 1 is 1.48 bits per heavy atom. The molecule has 2 aromatic heterocycles. The highest BCUT2D eigenvalue weighted by atomic mass is 32.1. The molecule has 1 unspecified atom stereocenters. The van der Waals surface area contributed by atoms with Crippen molar-refractivity contribution in [3.05, 3.63) is 23.4 Å². The molecule has 0 aromatic carbocycles. The maximum Gasteiger partial charge on any atom is 0.257 e. The van der Waals surface area contributed by atoms with Crippen LogP contribution in [0.25, 0.3) is 10.8 Å². The average molecular weight is 306 g/mol. The molecule has 0 spiro atoms. The van der Waals surface area contributed by atoms with Crippen LogP contribution in [0.3, 0.4) is 0 Å². The number of hydrogen-bond donors (Lipinski definition) is 1. The molecule has 3 heterocycles. The van der Waals surface area contributed by atoms with E-state index in [0.717, 1.165) is 37.5 Å². The zero-order valence-electron chi connectivity index (χ0n) is 12.4. The summed E-state index contributed by atoms with van der Waals surface area (Å²) in [6, 6.07) is 4.61. The second-order valence-electron chi connectivity index (χ2n) is 5.51. The summed E-state index contributed by atoms with van der Waals surface area (Å²) in [4.78, 5) is 3.45. The van der Waals surface area contributed by atoms with Gasteiger partial charge in [-0.1, -0.05) is 13.0 Å². The molecule has 0 bridgehead atoms. The van der Waals surface area contributed by atoms with E-state index in [4.69, 9.17) is 4.42 Å². The molecule has 0 amide bonds. The SMILES string of the molecule is CCCN(Cc1nnc(-c2cccs2)o1)CC1CCCN1. The maximum absolute atomic E-state index is 5.80. The zero-order valence-corrected chi connectivity index (χ0v) is 13.2. The van der Waals surface area contributed by atoms with Gasteiger partial charge in [0.2, 0.25) is 5.89 Å². The Kier molecular flexibility index (Phi) is 5.00. The molecule has 1 N–H and O–H groups in total. The lowest BCUT2D eigenvalue weighted by molar-refractivity contribution is 0.220. The average Bonchev–Trinajstić information content (AvgIpc) is 3.21. The molecule has 1 atom stereocenters. The molecule has 2 aromatic rings. The largest absolute Gasteiger partial charge is 0.419 e. The Labute approximate surface area is 129 Å². The van der Waals surface area contributed by atoms with Gasteiger partial charge in [0, 0.05) is 12.6 Å². The van der Waals surface area contributed by atoms with Gasteiger partial charge in [0.25, 0.3) is 5.89 Å². The smallest absolute Gasteiger partial charge is 0.257 e.